The third-order valence-corrected chi connectivity index (χ3v) is 11.3. The van der Waals surface area contributed by atoms with Gasteiger partial charge >= 0.3 is 0 Å². The van der Waals surface area contributed by atoms with Crippen LogP contribution in [0, 0.1) is 9.54 Å². The van der Waals surface area contributed by atoms with Crippen molar-refractivity contribution in [3.05, 3.63) is 94.0 Å². The number of aromatic nitrogens is 4. The van der Waals surface area contributed by atoms with Crippen LogP contribution in [-0.4, -0.2) is 44.4 Å². The average Bonchev–Trinajstić information content (AvgIpc) is 3.12. The van der Waals surface area contributed by atoms with E-state index in [4.69, 9.17) is 29.2 Å². The van der Waals surface area contributed by atoms with Crippen LogP contribution in [0.2, 0.25) is 0 Å². The first-order valence-corrected chi connectivity index (χ1v) is 19.0. The second-order valence-corrected chi connectivity index (χ2v) is 14.8. The normalized spacial score (nSPS) is 17.6. The van der Waals surface area contributed by atoms with Crippen LogP contribution in [0.5, 0.6) is 17.5 Å². The Morgan fingerprint density at radius 3 is 2.06 bits per heavy atom. The second kappa shape index (κ2) is 16.5. The zero-order valence-electron chi connectivity index (χ0n) is 29.0. The molecule has 3 aliphatic rings. The number of nitrogens with one attached hydrogen (secondary N) is 3. The van der Waals surface area contributed by atoms with Crippen LogP contribution in [0.4, 0.5) is 0 Å². The summed E-state index contributed by atoms with van der Waals surface area (Å²) < 4.78 is 8.83. The second-order valence-electron chi connectivity index (χ2n) is 14.0. The summed E-state index contributed by atoms with van der Waals surface area (Å²) in [5, 5.41) is 26.5. The number of ether oxygens (including phenoxy) is 1. The number of aromatic hydroxyl groups is 1. The number of nitrogens with zero attached hydrogens (tertiary/aromatic N) is 2. The molecule has 1 atom stereocenters. The smallest absolute Gasteiger partial charge is 0.259 e. The molecule has 268 valence electrons. The van der Waals surface area contributed by atoms with Crippen LogP contribution < -0.4 is 25.9 Å². The van der Waals surface area contributed by atoms with Gasteiger partial charge in [0.15, 0.2) is 9.54 Å². The predicted octanol–water partition coefficient (Wildman–Crippen LogP) is 5.44. The van der Waals surface area contributed by atoms with E-state index in [0.29, 0.717) is 43.8 Å². The van der Waals surface area contributed by atoms with Gasteiger partial charge in [-0.05, 0) is 131 Å². The summed E-state index contributed by atoms with van der Waals surface area (Å²) in [6.45, 7) is 3.41. The standard InChI is InChI=1S/C38H49N5O5S2/c1-48-29-16-15-27(23-28(29)24-41-19-9-4-10-20-41)30(31-33(44)39-37(49)42(35(31)46)21-17-25-11-5-2-6-12-25)32-34(45)40-38(50)43(36(32)47)22-18-26-13-7-3-8-14-26/h11,13,15-16,23,30,46-47H,2-10,12,14,17-22,24H2,1H3,(H,39,44,49)(H,40,45,50). The summed E-state index contributed by atoms with van der Waals surface area (Å²) >= 11 is 11.1. The largest absolute Gasteiger partial charge is 0.860 e. The molecule has 1 saturated heterocycles. The van der Waals surface area contributed by atoms with Crippen LogP contribution in [0.15, 0.2) is 51.1 Å². The van der Waals surface area contributed by atoms with E-state index in [-0.39, 0.29) is 26.5 Å². The molecule has 2 aromatic heterocycles. The van der Waals surface area contributed by atoms with E-state index in [1.165, 1.54) is 31.6 Å². The van der Waals surface area contributed by atoms with Crippen molar-refractivity contribution >= 4 is 24.4 Å². The van der Waals surface area contributed by atoms with Gasteiger partial charge in [-0.2, -0.15) is 0 Å². The Morgan fingerprint density at radius 2 is 1.46 bits per heavy atom. The van der Waals surface area contributed by atoms with Crippen molar-refractivity contribution < 1.29 is 19.8 Å². The summed E-state index contributed by atoms with van der Waals surface area (Å²) in [6.07, 6.45) is 17.8. The van der Waals surface area contributed by atoms with E-state index >= 15 is 0 Å². The fraction of sp³-hybridized carbons (Fsp3) is 0.526. The summed E-state index contributed by atoms with van der Waals surface area (Å²) in [6, 6.07) is 5.51. The van der Waals surface area contributed by atoms with Gasteiger partial charge in [0.2, 0.25) is 5.88 Å². The maximum absolute atomic E-state index is 14.5. The Balaban J connectivity index is 1.51. The molecule has 3 aromatic rings. The van der Waals surface area contributed by atoms with E-state index in [2.05, 4.69) is 22.1 Å². The minimum atomic E-state index is -1.21. The molecule has 0 spiro atoms. The molecule has 2 aliphatic carbocycles. The Labute approximate surface area is 303 Å². The van der Waals surface area contributed by atoms with Crippen molar-refractivity contribution in [2.45, 2.75) is 109 Å². The number of rotatable bonds is 12. The van der Waals surface area contributed by atoms with E-state index in [0.717, 1.165) is 82.9 Å². The molecule has 10 nitrogen and oxygen atoms in total. The van der Waals surface area contributed by atoms with Gasteiger partial charge in [0.25, 0.3) is 11.1 Å². The number of piperidine rings is 1. The van der Waals surface area contributed by atoms with Gasteiger partial charge in [-0.1, -0.05) is 29.4 Å². The van der Waals surface area contributed by atoms with Crippen molar-refractivity contribution in [3.63, 3.8) is 0 Å². The molecule has 3 heterocycles. The maximum Gasteiger partial charge on any atom is 0.259 e. The number of H-pyrrole nitrogens is 2. The molecule has 12 heteroatoms. The molecule has 0 radical (unpaired) electrons. The molecule has 1 aliphatic heterocycles. The maximum atomic E-state index is 14.5. The predicted molar refractivity (Wildman–Crippen MR) is 197 cm³/mol. The number of hydrogen-bond donors (Lipinski definition) is 4. The van der Waals surface area contributed by atoms with E-state index < -0.39 is 22.9 Å². The van der Waals surface area contributed by atoms with E-state index in [9.17, 15) is 19.8 Å². The first-order chi connectivity index (χ1) is 24.2. The summed E-state index contributed by atoms with van der Waals surface area (Å²) in [7, 11) is 1.62. The highest BCUT2D eigenvalue weighted by molar-refractivity contribution is 7.71. The minimum absolute atomic E-state index is 0.0397. The third-order valence-electron chi connectivity index (χ3n) is 10.7. The SMILES string of the molecule is COc1ccc(C(c2c([O-])n(CCC3=CCCCC3)c(=S)[nH]c2=O)c2c(O)n(CCC3=CCCCC3)c(=S)[nH]c2=O)cc1C[NH+]1CCCCC1. The Morgan fingerprint density at radius 1 is 0.860 bits per heavy atom. The Bertz CT molecular complexity index is 1890. The van der Waals surface area contributed by atoms with Gasteiger partial charge in [0.1, 0.15) is 12.3 Å². The van der Waals surface area contributed by atoms with Gasteiger partial charge in [-0.25, -0.2) is 0 Å². The molecule has 0 amide bonds. The van der Waals surface area contributed by atoms with Crippen LogP contribution in [-0.2, 0) is 19.6 Å². The lowest BCUT2D eigenvalue weighted by molar-refractivity contribution is -0.918. The Hall–Kier alpha value is -3.74. The number of aromatic amines is 2. The van der Waals surface area contributed by atoms with Crippen molar-refractivity contribution in [2.24, 2.45) is 0 Å². The quantitative estimate of drug-likeness (QED) is 0.145. The van der Waals surface area contributed by atoms with Gasteiger partial charge in [-0.3, -0.25) is 24.1 Å². The van der Waals surface area contributed by atoms with Crippen molar-refractivity contribution in [3.8, 4) is 17.5 Å². The molecule has 4 N–H and O–H groups in total. The number of hydrogen-bond acceptors (Lipinski definition) is 7. The molecular formula is C38H49N5O5S2. The number of methoxy groups -OCH3 is 1. The highest BCUT2D eigenvalue weighted by Gasteiger charge is 2.31. The fourth-order valence-electron chi connectivity index (χ4n) is 7.93. The zero-order chi connectivity index (χ0) is 35.2. The van der Waals surface area contributed by atoms with Gasteiger partial charge in [-0.15, -0.1) is 0 Å². The molecule has 1 unspecified atom stereocenters. The van der Waals surface area contributed by atoms with Crippen LogP contribution in [0.3, 0.4) is 0 Å². The molecule has 0 bridgehead atoms. The van der Waals surface area contributed by atoms with E-state index in [1.807, 2.05) is 12.1 Å². The topological polar surface area (TPSA) is 133 Å². The van der Waals surface area contributed by atoms with Crippen molar-refractivity contribution in [1.29, 1.82) is 0 Å². The van der Waals surface area contributed by atoms with Gasteiger partial charge in [0, 0.05) is 24.2 Å². The molecular weight excluding hydrogens is 671 g/mol. The molecule has 1 aromatic carbocycles. The minimum Gasteiger partial charge on any atom is -0.860 e. The number of quaternary nitrogens is 1. The fourth-order valence-corrected chi connectivity index (χ4v) is 8.47. The first kappa shape index (κ1) is 36.1. The lowest BCUT2D eigenvalue weighted by Gasteiger charge is -2.28. The zero-order valence-corrected chi connectivity index (χ0v) is 30.6. The molecule has 50 heavy (non-hydrogen) atoms. The third kappa shape index (κ3) is 8.08. The molecule has 1 fully saturated rings. The summed E-state index contributed by atoms with van der Waals surface area (Å²) in [4.78, 5) is 34.8. The van der Waals surface area contributed by atoms with Crippen molar-refractivity contribution in [2.75, 3.05) is 20.2 Å². The first-order valence-electron chi connectivity index (χ1n) is 18.2. The van der Waals surface area contributed by atoms with Crippen molar-refractivity contribution in [1.82, 2.24) is 19.1 Å². The molecule has 6 rings (SSSR count). The van der Waals surface area contributed by atoms with E-state index in [1.54, 1.807) is 13.2 Å². The summed E-state index contributed by atoms with van der Waals surface area (Å²) in [5.41, 5.74) is 2.39. The number of benzene rings is 1. The van der Waals surface area contributed by atoms with Gasteiger partial charge in [0.05, 0.1) is 31.7 Å². The summed E-state index contributed by atoms with van der Waals surface area (Å²) in [5.74, 6) is -1.44. The van der Waals surface area contributed by atoms with Crippen LogP contribution in [0.25, 0.3) is 0 Å². The van der Waals surface area contributed by atoms with Crippen LogP contribution in [0.1, 0.15) is 112 Å². The number of allylic oxidation sites excluding steroid dienone is 4. The lowest BCUT2D eigenvalue weighted by atomic mass is 9.85. The molecule has 0 saturated carbocycles. The van der Waals surface area contributed by atoms with Crippen LogP contribution >= 0.6 is 24.4 Å². The Kier molecular flexibility index (Phi) is 11.9. The average molecular weight is 720 g/mol. The number of likely N-dealkylation sites (tertiary alicyclic amines) is 1. The monoisotopic (exact) mass is 719 g/mol. The van der Waals surface area contributed by atoms with Gasteiger partial charge < -0.3 is 24.4 Å². The highest BCUT2D eigenvalue weighted by atomic mass is 32.1. The lowest BCUT2D eigenvalue weighted by Crippen LogP contribution is -3.11. The highest BCUT2D eigenvalue weighted by Crippen LogP contribution is 2.38.